The minimum absolute atomic E-state index is 0.218. The van der Waals surface area contributed by atoms with Crippen molar-refractivity contribution in [1.29, 1.82) is 0 Å². The summed E-state index contributed by atoms with van der Waals surface area (Å²) in [6.45, 7) is 8.48. The summed E-state index contributed by atoms with van der Waals surface area (Å²) in [6, 6.07) is 15.7. The molecule has 0 aliphatic carbocycles. The van der Waals surface area contributed by atoms with Crippen molar-refractivity contribution in [2.45, 2.75) is 34.2 Å². The third-order valence-electron chi connectivity index (χ3n) is 4.30. The van der Waals surface area contributed by atoms with E-state index in [9.17, 15) is 4.79 Å². The van der Waals surface area contributed by atoms with Gasteiger partial charge in [0.15, 0.2) is 0 Å². The highest BCUT2D eigenvalue weighted by atomic mass is 16.1. The summed E-state index contributed by atoms with van der Waals surface area (Å²) in [4.78, 5) is 21.4. The second-order valence-corrected chi connectivity index (χ2v) is 6.79. The maximum absolute atomic E-state index is 12.5. The van der Waals surface area contributed by atoms with E-state index in [1.807, 2.05) is 51.1 Å². The number of hydrogen-bond donors (Lipinski definition) is 2. The van der Waals surface area contributed by atoms with Crippen LogP contribution < -0.4 is 10.6 Å². The molecular weight excluding hydrogens is 336 g/mol. The zero-order valence-electron chi connectivity index (χ0n) is 16.1. The fraction of sp³-hybridized carbons (Fsp3) is 0.227. The number of anilines is 2. The number of aryl methyl sites for hydroxylation is 4. The van der Waals surface area contributed by atoms with Gasteiger partial charge in [0.25, 0.3) is 5.91 Å². The second-order valence-electron chi connectivity index (χ2n) is 6.79. The molecular formula is C22H24N4O. The van der Waals surface area contributed by atoms with Gasteiger partial charge in [-0.2, -0.15) is 0 Å². The first kappa shape index (κ1) is 18.6. The fourth-order valence-electron chi connectivity index (χ4n) is 3.10. The number of aromatic nitrogens is 2. The lowest BCUT2D eigenvalue weighted by Crippen LogP contribution is -2.24. The number of carbonyl (C=O) groups is 1. The van der Waals surface area contributed by atoms with E-state index in [1.165, 1.54) is 5.56 Å². The van der Waals surface area contributed by atoms with E-state index in [2.05, 4.69) is 39.7 Å². The van der Waals surface area contributed by atoms with Crippen LogP contribution in [0.2, 0.25) is 0 Å². The Kier molecular flexibility index (Phi) is 5.50. The number of nitrogens with zero attached hydrogens (tertiary/aromatic N) is 2. The van der Waals surface area contributed by atoms with Gasteiger partial charge in [-0.15, -0.1) is 0 Å². The van der Waals surface area contributed by atoms with Crippen molar-refractivity contribution >= 4 is 17.5 Å². The highest BCUT2D eigenvalue weighted by Gasteiger charge is 2.12. The Morgan fingerprint density at radius 1 is 0.926 bits per heavy atom. The molecule has 2 aromatic carbocycles. The molecule has 0 saturated heterocycles. The molecule has 1 heterocycles. The van der Waals surface area contributed by atoms with Crippen molar-refractivity contribution in [3.63, 3.8) is 0 Å². The minimum atomic E-state index is -0.218. The number of hydrogen-bond acceptors (Lipinski definition) is 4. The molecule has 3 rings (SSSR count). The summed E-state index contributed by atoms with van der Waals surface area (Å²) in [5, 5.41) is 6.18. The monoisotopic (exact) mass is 360 g/mol. The molecule has 0 aliphatic rings. The minimum Gasteiger partial charge on any atom is -0.347 e. The predicted octanol–water partition coefficient (Wildman–Crippen LogP) is 4.38. The van der Waals surface area contributed by atoms with Crippen molar-refractivity contribution in [1.82, 2.24) is 15.3 Å². The highest BCUT2D eigenvalue weighted by Crippen LogP contribution is 2.24. The fourth-order valence-corrected chi connectivity index (χ4v) is 3.10. The zero-order valence-corrected chi connectivity index (χ0v) is 16.1. The van der Waals surface area contributed by atoms with Crippen molar-refractivity contribution in [2.75, 3.05) is 5.32 Å². The molecule has 0 unspecified atom stereocenters. The van der Waals surface area contributed by atoms with Crippen LogP contribution in [-0.2, 0) is 6.54 Å². The molecule has 1 aromatic heterocycles. The number of nitrogens with one attached hydrogen (secondary N) is 2. The second kappa shape index (κ2) is 7.99. The first-order valence-electron chi connectivity index (χ1n) is 8.95. The van der Waals surface area contributed by atoms with Crippen LogP contribution in [0.3, 0.4) is 0 Å². The van der Waals surface area contributed by atoms with Crippen molar-refractivity contribution in [2.24, 2.45) is 0 Å². The molecule has 1 amide bonds. The molecule has 0 spiro atoms. The Morgan fingerprint density at radius 3 is 2.26 bits per heavy atom. The highest BCUT2D eigenvalue weighted by molar-refractivity contribution is 5.92. The molecule has 0 aliphatic heterocycles. The van der Waals surface area contributed by atoms with E-state index >= 15 is 0 Å². The lowest BCUT2D eigenvalue weighted by atomic mass is 10.1. The van der Waals surface area contributed by atoms with Gasteiger partial charge in [0.05, 0.1) is 0 Å². The summed E-state index contributed by atoms with van der Waals surface area (Å²) < 4.78 is 0. The average molecular weight is 360 g/mol. The number of benzene rings is 2. The summed E-state index contributed by atoms with van der Waals surface area (Å²) in [5.74, 6) is 0.208. The molecule has 0 bridgehead atoms. The maximum Gasteiger partial charge on any atom is 0.270 e. The third-order valence-corrected chi connectivity index (χ3v) is 4.30. The molecule has 5 heteroatoms. The van der Waals surface area contributed by atoms with Crippen molar-refractivity contribution < 1.29 is 4.79 Å². The lowest BCUT2D eigenvalue weighted by molar-refractivity contribution is 0.0945. The molecule has 138 valence electrons. The van der Waals surface area contributed by atoms with Crippen LogP contribution >= 0.6 is 0 Å². The summed E-state index contributed by atoms with van der Waals surface area (Å²) >= 11 is 0. The van der Waals surface area contributed by atoms with Gasteiger partial charge < -0.3 is 10.6 Å². The van der Waals surface area contributed by atoms with Gasteiger partial charge in [0.1, 0.15) is 5.69 Å². The topological polar surface area (TPSA) is 66.9 Å². The van der Waals surface area contributed by atoms with Gasteiger partial charge in [-0.25, -0.2) is 9.97 Å². The number of amides is 1. The quantitative estimate of drug-likeness (QED) is 0.708. The van der Waals surface area contributed by atoms with Gasteiger partial charge in [-0.05, 0) is 50.5 Å². The standard InChI is InChI=1S/C22H24N4O/c1-14-10-15(2)20(16(3)11-14)26-22-24-17(4)12-19(25-22)21(27)23-13-18-8-6-5-7-9-18/h5-12H,13H2,1-4H3,(H,23,27)(H,24,25,26). The van der Waals surface area contributed by atoms with E-state index in [0.717, 1.165) is 28.1 Å². The smallest absolute Gasteiger partial charge is 0.270 e. The van der Waals surface area contributed by atoms with Crippen LogP contribution in [0, 0.1) is 27.7 Å². The molecule has 27 heavy (non-hydrogen) atoms. The average Bonchev–Trinajstić information content (AvgIpc) is 2.63. The van der Waals surface area contributed by atoms with Crippen LogP contribution in [0.15, 0.2) is 48.5 Å². The Morgan fingerprint density at radius 2 is 1.59 bits per heavy atom. The van der Waals surface area contributed by atoms with Gasteiger partial charge in [-0.1, -0.05) is 48.0 Å². The van der Waals surface area contributed by atoms with Gasteiger partial charge >= 0.3 is 0 Å². The molecule has 5 nitrogen and oxygen atoms in total. The van der Waals surface area contributed by atoms with E-state index in [1.54, 1.807) is 6.07 Å². The molecule has 0 radical (unpaired) electrons. The van der Waals surface area contributed by atoms with Gasteiger partial charge in [-0.3, -0.25) is 4.79 Å². The van der Waals surface area contributed by atoms with Crippen LogP contribution in [0.1, 0.15) is 38.4 Å². The van der Waals surface area contributed by atoms with Crippen molar-refractivity contribution in [3.05, 3.63) is 82.2 Å². The SMILES string of the molecule is Cc1cc(C)c(Nc2nc(C)cc(C(=O)NCc3ccccc3)n2)c(C)c1. The Bertz CT molecular complexity index is 944. The predicted molar refractivity (Wildman–Crippen MR) is 108 cm³/mol. The Labute approximate surface area is 159 Å². The first-order chi connectivity index (χ1) is 12.9. The molecule has 0 saturated carbocycles. The molecule has 2 N–H and O–H groups in total. The van der Waals surface area contributed by atoms with Crippen molar-refractivity contribution in [3.8, 4) is 0 Å². The number of carbonyl (C=O) groups excluding carboxylic acids is 1. The maximum atomic E-state index is 12.5. The van der Waals surface area contributed by atoms with Gasteiger partial charge in [0.2, 0.25) is 5.95 Å². The summed E-state index contributed by atoms with van der Waals surface area (Å²) in [6.07, 6.45) is 0. The van der Waals surface area contributed by atoms with Crippen LogP contribution in [0.25, 0.3) is 0 Å². The van der Waals surface area contributed by atoms with Crippen LogP contribution in [0.4, 0.5) is 11.6 Å². The number of rotatable bonds is 5. The Balaban J connectivity index is 1.79. The summed E-state index contributed by atoms with van der Waals surface area (Å²) in [5.41, 5.74) is 6.55. The molecule has 0 fully saturated rings. The largest absolute Gasteiger partial charge is 0.347 e. The Hall–Kier alpha value is -3.21. The van der Waals surface area contributed by atoms with Crippen LogP contribution in [-0.4, -0.2) is 15.9 Å². The van der Waals surface area contributed by atoms with Gasteiger partial charge in [0, 0.05) is 17.9 Å². The zero-order chi connectivity index (χ0) is 19.4. The lowest BCUT2D eigenvalue weighted by Gasteiger charge is -2.14. The van der Waals surface area contributed by atoms with E-state index in [0.29, 0.717) is 18.2 Å². The van der Waals surface area contributed by atoms with E-state index < -0.39 is 0 Å². The van der Waals surface area contributed by atoms with E-state index in [4.69, 9.17) is 0 Å². The normalized spacial score (nSPS) is 10.5. The first-order valence-corrected chi connectivity index (χ1v) is 8.95. The van der Waals surface area contributed by atoms with E-state index in [-0.39, 0.29) is 5.91 Å². The molecule has 0 atom stereocenters. The molecule has 3 aromatic rings. The third kappa shape index (κ3) is 4.70. The van der Waals surface area contributed by atoms with Crippen LogP contribution in [0.5, 0.6) is 0 Å². The summed E-state index contributed by atoms with van der Waals surface area (Å²) in [7, 11) is 0.